The van der Waals surface area contributed by atoms with E-state index in [0.29, 0.717) is 24.0 Å². The average Bonchev–Trinajstić information content (AvgIpc) is 2.77. The van der Waals surface area contributed by atoms with Crippen LogP contribution in [0.15, 0.2) is 5.38 Å². The van der Waals surface area contributed by atoms with Crippen molar-refractivity contribution in [2.75, 3.05) is 25.1 Å². The van der Waals surface area contributed by atoms with Crippen molar-refractivity contribution in [2.45, 2.75) is 26.7 Å². The van der Waals surface area contributed by atoms with Crippen LogP contribution >= 0.6 is 11.3 Å². The van der Waals surface area contributed by atoms with Crippen LogP contribution in [0, 0.1) is 0 Å². The molecule has 0 unspecified atom stereocenters. The standard InChI is InChI=1S/C12H18N2O4S/c1-3-5-17-7-10(15)14-12-13-9(8-19-12)6-11(16)18-4-2/h8H,3-7H2,1-2H3,(H,13,14,15). The highest BCUT2D eigenvalue weighted by atomic mass is 32.1. The fourth-order valence-electron chi connectivity index (χ4n) is 1.27. The van der Waals surface area contributed by atoms with Gasteiger partial charge in [-0.25, -0.2) is 4.98 Å². The molecule has 1 aromatic heterocycles. The molecule has 0 saturated heterocycles. The first kappa shape index (κ1) is 15.6. The molecule has 0 bridgehead atoms. The highest BCUT2D eigenvalue weighted by Gasteiger charge is 2.10. The first-order chi connectivity index (χ1) is 9.15. The van der Waals surface area contributed by atoms with Gasteiger partial charge in [-0.15, -0.1) is 11.3 Å². The molecule has 0 atom stereocenters. The highest BCUT2D eigenvalue weighted by Crippen LogP contribution is 2.15. The van der Waals surface area contributed by atoms with Crippen LogP contribution < -0.4 is 5.32 Å². The molecule has 0 saturated carbocycles. The lowest BCUT2D eigenvalue weighted by Crippen LogP contribution is -2.18. The molecule has 0 radical (unpaired) electrons. The predicted octanol–water partition coefficient (Wildman–Crippen LogP) is 1.61. The Morgan fingerprint density at radius 3 is 2.89 bits per heavy atom. The number of thiazole rings is 1. The van der Waals surface area contributed by atoms with Crippen LogP contribution in [0.2, 0.25) is 0 Å². The smallest absolute Gasteiger partial charge is 0.311 e. The lowest BCUT2D eigenvalue weighted by atomic mass is 10.3. The van der Waals surface area contributed by atoms with Gasteiger partial charge in [-0.2, -0.15) is 0 Å². The molecule has 1 aromatic rings. The lowest BCUT2D eigenvalue weighted by Gasteiger charge is -2.02. The topological polar surface area (TPSA) is 77.5 Å². The van der Waals surface area contributed by atoms with Crippen molar-refractivity contribution in [3.63, 3.8) is 0 Å². The fourth-order valence-corrected chi connectivity index (χ4v) is 2.00. The Hall–Kier alpha value is -1.47. The summed E-state index contributed by atoms with van der Waals surface area (Å²) in [4.78, 5) is 26.8. The summed E-state index contributed by atoms with van der Waals surface area (Å²) in [5.41, 5.74) is 0.591. The second-order valence-electron chi connectivity index (χ2n) is 3.73. The second-order valence-corrected chi connectivity index (χ2v) is 4.58. The van der Waals surface area contributed by atoms with E-state index in [0.717, 1.165) is 6.42 Å². The highest BCUT2D eigenvalue weighted by molar-refractivity contribution is 7.13. The Kier molecular flexibility index (Phi) is 7.06. The number of carbonyl (C=O) groups is 2. The number of carbonyl (C=O) groups excluding carboxylic acids is 2. The van der Waals surface area contributed by atoms with Crippen LogP contribution in [-0.2, 0) is 25.5 Å². The lowest BCUT2D eigenvalue weighted by molar-refractivity contribution is -0.142. The fraction of sp³-hybridized carbons (Fsp3) is 0.583. The van der Waals surface area contributed by atoms with Crippen molar-refractivity contribution in [1.29, 1.82) is 0 Å². The van der Waals surface area contributed by atoms with Gasteiger partial charge < -0.3 is 9.47 Å². The second kappa shape index (κ2) is 8.60. The Morgan fingerprint density at radius 1 is 1.42 bits per heavy atom. The zero-order valence-electron chi connectivity index (χ0n) is 11.1. The molecule has 1 heterocycles. The van der Waals surface area contributed by atoms with Gasteiger partial charge in [-0.05, 0) is 13.3 Å². The summed E-state index contributed by atoms with van der Waals surface area (Å²) < 4.78 is 9.93. The van der Waals surface area contributed by atoms with Crippen LogP contribution in [-0.4, -0.2) is 36.7 Å². The molecule has 1 rings (SSSR count). The van der Waals surface area contributed by atoms with E-state index < -0.39 is 0 Å². The zero-order valence-corrected chi connectivity index (χ0v) is 11.9. The molecule has 6 nitrogen and oxygen atoms in total. The normalized spacial score (nSPS) is 10.2. The van der Waals surface area contributed by atoms with Gasteiger partial charge in [-0.3, -0.25) is 14.9 Å². The summed E-state index contributed by atoms with van der Waals surface area (Å²) in [5, 5.41) is 4.80. The quantitative estimate of drug-likeness (QED) is 0.580. The van der Waals surface area contributed by atoms with Crippen LogP contribution in [0.5, 0.6) is 0 Å². The zero-order chi connectivity index (χ0) is 14.1. The van der Waals surface area contributed by atoms with Gasteiger partial charge in [0.05, 0.1) is 18.7 Å². The number of hydrogen-bond acceptors (Lipinski definition) is 6. The molecule has 19 heavy (non-hydrogen) atoms. The van der Waals surface area contributed by atoms with Gasteiger partial charge >= 0.3 is 5.97 Å². The maximum absolute atomic E-state index is 11.5. The van der Waals surface area contributed by atoms with Crippen molar-refractivity contribution < 1.29 is 19.1 Å². The van der Waals surface area contributed by atoms with Gasteiger partial charge in [-0.1, -0.05) is 6.92 Å². The number of nitrogens with zero attached hydrogens (tertiary/aromatic N) is 1. The van der Waals surface area contributed by atoms with Crippen molar-refractivity contribution in [1.82, 2.24) is 4.98 Å². The third-order valence-corrected chi connectivity index (χ3v) is 2.82. The Labute approximate surface area is 116 Å². The SMILES string of the molecule is CCCOCC(=O)Nc1nc(CC(=O)OCC)cs1. The van der Waals surface area contributed by atoms with E-state index >= 15 is 0 Å². The molecule has 7 heteroatoms. The number of aromatic nitrogens is 1. The molecular weight excluding hydrogens is 268 g/mol. The largest absolute Gasteiger partial charge is 0.466 e. The Morgan fingerprint density at radius 2 is 2.21 bits per heavy atom. The van der Waals surface area contributed by atoms with E-state index in [4.69, 9.17) is 9.47 Å². The van der Waals surface area contributed by atoms with Crippen LogP contribution in [0.25, 0.3) is 0 Å². The maximum Gasteiger partial charge on any atom is 0.311 e. The summed E-state index contributed by atoms with van der Waals surface area (Å²) >= 11 is 1.27. The number of amides is 1. The Bertz CT molecular complexity index is 420. The number of esters is 1. The molecule has 0 aliphatic carbocycles. The summed E-state index contributed by atoms with van der Waals surface area (Å²) in [6.45, 7) is 4.64. The van der Waals surface area contributed by atoms with Gasteiger partial charge in [0.25, 0.3) is 5.91 Å². The predicted molar refractivity (Wildman–Crippen MR) is 72.2 cm³/mol. The van der Waals surface area contributed by atoms with Crippen LogP contribution in [0.4, 0.5) is 5.13 Å². The van der Waals surface area contributed by atoms with E-state index in [1.807, 2.05) is 6.92 Å². The number of rotatable bonds is 8. The number of nitrogens with one attached hydrogen (secondary N) is 1. The van der Waals surface area contributed by atoms with Crippen molar-refractivity contribution >= 4 is 28.3 Å². The molecule has 0 aromatic carbocycles. The number of ether oxygens (including phenoxy) is 2. The third-order valence-electron chi connectivity index (χ3n) is 2.01. The van der Waals surface area contributed by atoms with E-state index in [-0.39, 0.29) is 24.9 Å². The minimum absolute atomic E-state index is 0.0145. The first-order valence-electron chi connectivity index (χ1n) is 6.13. The molecule has 1 N–H and O–H groups in total. The molecule has 1 amide bonds. The van der Waals surface area contributed by atoms with Crippen LogP contribution in [0.3, 0.4) is 0 Å². The van der Waals surface area contributed by atoms with E-state index in [2.05, 4.69) is 10.3 Å². The minimum atomic E-state index is -0.322. The van der Waals surface area contributed by atoms with Crippen molar-refractivity contribution in [3.8, 4) is 0 Å². The molecule has 106 valence electrons. The monoisotopic (exact) mass is 286 g/mol. The number of hydrogen-bond donors (Lipinski definition) is 1. The summed E-state index contributed by atoms with van der Waals surface area (Å²) in [6, 6.07) is 0. The van der Waals surface area contributed by atoms with Gasteiger partial charge in [0.15, 0.2) is 5.13 Å². The van der Waals surface area contributed by atoms with Crippen molar-refractivity contribution in [2.24, 2.45) is 0 Å². The molecule has 0 aliphatic rings. The summed E-state index contributed by atoms with van der Waals surface area (Å²) in [6.07, 6.45) is 0.987. The van der Waals surface area contributed by atoms with E-state index in [1.54, 1.807) is 12.3 Å². The van der Waals surface area contributed by atoms with Gasteiger partial charge in [0, 0.05) is 12.0 Å². The van der Waals surface area contributed by atoms with Gasteiger partial charge in [0.2, 0.25) is 0 Å². The van der Waals surface area contributed by atoms with E-state index in [9.17, 15) is 9.59 Å². The average molecular weight is 286 g/mol. The minimum Gasteiger partial charge on any atom is -0.466 e. The number of anilines is 1. The Balaban J connectivity index is 2.37. The molecule has 0 aliphatic heterocycles. The van der Waals surface area contributed by atoms with Gasteiger partial charge in [0.1, 0.15) is 6.61 Å². The molecule has 0 fully saturated rings. The summed E-state index contributed by atoms with van der Waals surface area (Å²) in [7, 11) is 0. The third kappa shape index (κ3) is 6.30. The van der Waals surface area contributed by atoms with Crippen molar-refractivity contribution in [3.05, 3.63) is 11.1 Å². The van der Waals surface area contributed by atoms with Crippen LogP contribution in [0.1, 0.15) is 26.0 Å². The maximum atomic E-state index is 11.5. The first-order valence-corrected chi connectivity index (χ1v) is 7.01. The van der Waals surface area contributed by atoms with E-state index in [1.165, 1.54) is 11.3 Å². The molecular formula is C12H18N2O4S. The molecule has 0 spiro atoms. The summed E-state index contributed by atoms with van der Waals surface area (Å²) in [5.74, 6) is -0.567.